The van der Waals surface area contributed by atoms with E-state index in [-0.39, 0.29) is 17.1 Å². The van der Waals surface area contributed by atoms with Crippen molar-refractivity contribution in [3.05, 3.63) is 98.3 Å². The smallest absolute Gasteiger partial charge is 0.330 e. The molecule has 37 heavy (non-hydrogen) atoms. The number of ether oxygens (including phenoxy) is 2. The number of aromatic amines is 1. The van der Waals surface area contributed by atoms with Gasteiger partial charge in [-0.3, -0.25) is 18.5 Å². The Morgan fingerprint density at radius 3 is 2.41 bits per heavy atom. The van der Waals surface area contributed by atoms with Gasteiger partial charge in [-0.1, -0.05) is 48.0 Å². The molecule has 198 valence electrons. The van der Waals surface area contributed by atoms with E-state index >= 15 is 0 Å². The number of aliphatic hydroxyl groups excluding tert-OH is 2. The first-order valence-corrected chi connectivity index (χ1v) is 12.9. The number of aliphatic hydroxyl groups is 2. The molecule has 1 aliphatic heterocycles. The molecule has 0 amide bonds. The van der Waals surface area contributed by atoms with Gasteiger partial charge in [0.25, 0.3) is 15.7 Å². The van der Waals surface area contributed by atoms with Crippen molar-refractivity contribution in [1.29, 1.82) is 0 Å². The number of hydrogen-bond acceptors (Lipinski definition) is 9. The number of hydrogen-bond donors (Lipinski definition) is 3. The van der Waals surface area contributed by atoms with Crippen LogP contribution in [0, 0.1) is 13.8 Å². The Morgan fingerprint density at radius 2 is 1.76 bits per heavy atom. The van der Waals surface area contributed by atoms with E-state index in [4.69, 9.17) is 13.7 Å². The Kier molecular flexibility index (Phi) is 7.78. The molecule has 3 N–H and O–H groups in total. The number of benzene rings is 2. The Bertz CT molecular complexity index is 1450. The number of nitrogens with zero attached hydrogens (tertiary/aromatic N) is 1. The summed E-state index contributed by atoms with van der Waals surface area (Å²) in [7, 11) is -4.27. The van der Waals surface area contributed by atoms with Crippen LogP contribution in [0.4, 0.5) is 0 Å². The molecule has 1 aliphatic rings. The number of aryl methyl sites for hydroxylation is 2. The third-order valence-electron chi connectivity index (χ3n) is 6.20. The summed E-state index contributed by atoms with van der Waals surface area (Å²) in [6, 6.07) is 15.0. The van der Waals surface area contributed by atoms with Crippen LogP contribution >= 0.6 is 0 Å². The minimum atomic E-state index is -4.27. The fourth-order valence-corrected chi connectivity index (χ4v) is 5.04. The number of aromatic nitrogens is 2. The van der Waals surface area contributed by atoms with Crippen LogP contribution in [-0.4, -0.2) is 59.2 Å². The zero-order valence-corrected chi connectivity index (χ0v) is 21.1. The van der Waals surface area contributed by atoms with Gasteiger partial charge in [0.05, 0.1) is 18.1 Å². The number of H-pyrrole nitrogens is 1. The zero-order chi connectivity index (χ0) is 26.8. The van der Waals surface area contributed by atoms with Gasteiger partial charge in [0.15, 0.2) is 6.23 Å². The summed E-state index contributed by atoms with van der Waals surface area (Å²) in [4.78, 5) is 26.4. The molecule has 0 saturated carbocycles. The van der Waals surface area contributed by atoms with E-state index in [0.29, 0.717) is 0 Å². The standard InChI is InChI=1S/C25H28N2O9S/c1-16-8-10-19(11-9-16)37(32,33)35-15-25(14-28)21(34-13-18-6-4-3-5-7-18)20(29)23(36-25)27-12-17(2)22(30)26-24(27)31/h3-12,20-21,23,28-29H,13-15H2,1-2H3,(H,26,30,31)/t20-,21-,23-,25+/m1/s1. The normalized spacial score (nSPS) is 23.8. The second-order valence-corrected chi connectivity index (χ2v) is 10.6. The average molecular weight is 533 g/mol. The van der Waals surface area contributed by atoms with E-state index in [9.17, 15) is 28.2 Å². The van der Waals surface area contributed by atoms with Gasteiger partial charge >= 0.3 is 5.69 Å². The van der Waals surface area contributed by atoms with Gasteiger partial charge < -0.3 is 19.7 Å². The molecule has 1 saturated heterocycles. The summed E-state index contributed by atoms with van der Waals surface area (Å²) in [5.41, 5.74) is -1.56. The Hall–Kier alpha value is -3.13. The second kappa shape index (κ2) is 10.7. The molecule has 0 spiro atoms. The van der Waals surface area contributed by atoms with E-state index < -0.39 is 58.6 Å². The van der Waals surface area contributed by atoms with Gasteiger partial charge in [-0.2, -0.15) is 8.42 Å². The van der Waals surface area contributed by atoms with Crippen LogP contribution in [0.3, 0.4) is 0 Å². The van der Waals surface area contributed by atoms with Gasteiger partial charge in [0.1, 0.15) is 24.4 Å². The lowest BCUT2D eigenvalue weighted by atomic mass is 9.96. The van der Waals surface area contributed by atoms with E-state index in [1.54, 1.807) is 43.3 Å². The van der Waals surface area contributed by atoms with Gasteiger partial charge in [-0.25, -0.2) is 4.79 Å². The summed E-state index contributed by atoms with van der Waals surface area (Å²) < 4.78 is 43.8. The lowest BCUT2D eigenvalue weighted by Gasteiger charge is -2.32. The van der Waals surface area contributed by atoms with Crippen molar-refractivity contribution in [3.63, 3.8) is 0 Å². The van der Waals surface area contributed by atoms with Crippen molar-refractivity contribution in [1.82, 2.24) is 9.55 Å². The molecule has 0 radical (unpaired) electrons. The average Bonchev–Trinajstić information content (AvgIpc) is 3.16. The Morgan fingerprint density at radius 1 is 1.08 bits per heavy atom. The molecule has 0 bridgehead atoms. The van der Waals surface area contributed by atoms with Crippen LogP contribution in [-0.2, 0) is 30.4 Å². The Labute approximate surface area is 213 Å². The van der Waals surface area contributed by atoms with E-state index in [0.717, 1.165) is 15.7 Å². The number of nitrogens with one attached hydrogen (secondary N) is 1. The highest BCUT2D eigenvalue weighted by molar-refractivity contribution is 7.86. The molecular weight excluding hydrogens is 504 g/mol. The largest absolute Gasteiger partial charge is 0.393 e. The maximum Gasteiger partial charge on any atom is 0.330 e. The molecule has 1 aromatic heterocycles. The molecule has 1 fully saturated rings. The highest BCUT2D eigenvalue weighted by Gasteiger charge is 2.57. The van der Waals surface area contributed by atoms with Crippen LogP contribution < -0.4 is 11.2 Å². The van der Waals surface area contributed by atoms with E-state index in [2.05, 4.69) is 4.98 Å². The monoisotopic (exact) mass is 532 g/mol. The van der Waals surface area contributed by atoms with Gasteiger partial charge in [-0.15, -0.1) is 0 Å². The van der Waals surface area contributed by atoms with Gasteiger partial charge in [0, 0.05) is 11.8 Å². The van der Waals surface area contributed by atoms with Crippen molar-refractivity contribution in [2.24, 2.45) is 0 Å². The molecule has 0 unspecified atom stereocenters. The third kappa shape index (κ3) is 5.59. The molecule has 3 aromatic rings. The van der Waals surface area contributed by atoms with Crippen LogP contribution in [0.15, 0.2) is 75.3 Å². The molecule has 2 heterocycles. The Balaban J connectivity index is 1.67. The lowest BCUT2D eigenvalue weighted by molar-refractivity contribution is -0.159. The topological polar surface area (TPSA) is 157 Å². The maximum atomic E-state index is 12.9. The highest BCUT2D eigenvalue weighted by Crippen LogP contribution is 2.39. The minimum absolute atomic E-state index is 0.00927. The molecule has 12 heteroatoms. The lowest BCUT2D eigenvalue weighted by Crippen LogP contribution is -2.51. The van der Waals surface area contributed by atoms with Crippen LogP contribution in [0.2, 0.25) is 0 Å². The molecule has 0 aliphatic carbocycles. The molecule has 2 aromatic carbocycles. The summed E-state index contributed by atoms with van der Waals surface area (Å²) in [6.07, 6.45) is -3.05. The quantitative estimate of drug-likeness (QED) is 0.339. The minimum Gasteiger partial charge on any atom is -0.393 e. The molecule has 4 rings (SSSR count). The summed E-state index contributed by atoms with van der Waals surface area (Å²) in [5, 5.41) is 21.6. The van der Waals surface area contributed by atoms with Gasteiger partial charge in [-0.05, 0) is 31.5 Å². The predicted octanol–water partition coefficient (Wildman–Crippen LogP) is 0.765. The second-order valence-electron chi connectivity index (χ2n) is 8.95. The zero-order valence-electron chi connectivity index (χ0n) is 20.2. The van der Waals surface area contributed by atoms with Crippen molar-refractivity contribution in [3.8, 4) is 0 Å². The van der Waals surface area contributed by atoms with Crippen LogP contribution in [0.5, 0.6) is 0 Å². The van der Waals surface area contributed by atoms with Gasteiger partial charge in [0.2, 0.25) is 0 Å². The van der Waals surface area contributed by atoms with Crippen molar-refractivity contribution >= 4 is 10.1 Å². The maximum absolute atomic E-state index is 12.9. The van der Waals surface area contributed by atoms with Crippen molar-refractivity contribution in [2.75, 3.05) is 13.2 Å². The van der Waals surface area contributed by atoms with Crippen molar-refractivity contribution in [2.45, 2.75) is 49.4 Å². The summed E-state index contributed by atoms with van der Waals surface area (Å²) in [5.74, 6) is 0. The molecule has 4 atom stereocenters. The van der Waals surface area contributed by atoms with Crippen LogP contribution in [0.25, 0.3) is 0 Å². The predicted molar refractivity (Wildman–Crippen MR) is 131 cm³/mol. The van der Waals surface area contributed by atoms with E-state index in [1.165, 1.54) is 25.3 Å². The van der Waals surface area contributed by atoms with E-state index in [1.807, 2.05) is 6.07 Å². The molecular formula is C25H28N2O9S. The molecule has 11 nitrogen and oxygen atoms in total. The number of rotatable bonds is 9. The first kappa shape index (κ1) is 26.9. The van der Waals surface area contributed by atoms with Crippen molar-refractivity contribution < 1.29 is 32.3 Å². The highest BCUT2D eigenvalue weighted by atomic mass is 32.2. The first-order valence-electron chi connectivity index (χ1n) is 11.5. The van der Waals surface area contributed by atoms with Crippen LogP contribution in [0.1, 0.15) is 22.9 Å². The summed E-state index contributed by atoms with van der Waals surface area (Å²) >= 11 is 0. The first-order chi connectivity index (χ1) is 17.6. The SMILES string of the molecule is Cc1ccc(S(=O)(=O)OC[C@]2(CO)O[C@@H](n3cc(C)c(=O)[nH]c3=O)[C@H](O)[C@H]2OCc2ccccc2)cc1. The third-order valence-corrected chi connectivity index (χ3v) is 7.48. The summed E-state index contributed by atoms with van der Waals surface area (Å²) in [6.45, 7) is 1.74. The fraction of sp³-hybridized carbons (Fsp3) is 0.360. The fourth-order valence-electron chi connectivity index (χ4n) is 4.08.